The van der Waals surface area contributed by atoms with Crippen molar-refractivity contribution in [3.8, 4) is 11.5 Å². The van der Waals surface area contributed by atoms with E-state index in [9.17, 15) is 13.2 Å². The highest BCUT2D eigenvalue weighted by Crippen LogP contribution is 2.39. The van der Waals surface area contributed by atoms with Crippen molar-refractivity contribution < 1.29 is 27.4 Å². The van der Waals surface area contributed by atoms with Crippen molar-refractivity contribution in [1.29, 1.82) is 0 Å². The summed E-state index contributed by atoms with van der Waals surface area (Å²) in [7, 11) is -2.34. The summed E-state index contributed by atoms with van der Waals surface area (Å²) in [5.41, 5.74) is 1.19. The van der Waals surface area contributed by atoms with Crippen LogP contribution in [0.25, 0.3) is 0 Å². The van der Waals surface area contributed by atoms with Crippen molar-refractivity contribution in [1.82, 2.24) is 9.29 Å². The molecule has 0 radical (unpaired) electrons. The molecule has 2 heterocycles. The lowest BCUT2D eigenvalue weighted by Gasteiger charge is -2.26. The van der Waals surface area contributed by atoms with Gasteiger partial charge in [0.25, 0.3) is 0 Å². The van der Waals surface area contributed by atoms with E-state index in [0.717, 1.165) is 25.7 Å². The van der Waals surface area contributed by atoms with Crippen molar-refractivity contribution in [3.05, 3.63) is 82.1 Å². The van der Waals surface area contributed by atoms with Gasteiger partial charge in [-0.2, -0.15) is 4.31 Å². The number of carbonyl (C=O) groups is 1. The maximum Gasteiger partial charge on any atom is 0.335 e. The Kier molecular flexibility index (Phi) is 9.66. The third-order valence-corrected chi connectivity index (χ3v) is 11.0. The number of carbonyl (C=O) groups excluding carboxylic acids is 1. The van der Waals surface area contributed by atoms with E-state index in [1.165, 1.54) is 40.6 Å². The van der Waals surface area contributed by atoms with E-state index < -0.39 is 27.5 Å². The summed E-state index contributed by atoms with van der Waals surface area (Å²) in [4.78, 5) is 17.8. The monoisotopic (exact) mass is 636 g/mol. The van der Waals surface area contributed by atoms with E-state index in [0.29, 0.717) is 38.4 Å². The smallest absolute Gasteiger partial charge is 0.335 e. The Morgan fingerprint density at radius 2 is 1.78 bits per heavy atom. The number of benzene rings is 2. The van der Waals surface area contributed by atoms with E-state index in [1.807, 2.05) is 0 Å². The standard InChI is InChI=1S/C29H30Cl2N2O6S2/c1-37-25-12-11-19(15-27(25)38-20-7-5-6-8-20)26(16-22-23(30)17-32-18-24(22)31)39-29(34)28-33(13-14-40-28)41(35,36)21-9-3-2-4-10-21/h2-4,9-12,15,17-18,20,26,28H,5-8,13-14,16H2,1H3/t26?,28-/m0/s1. The fourth-order valence-electron chi connectivity index (χ4n) is 5.03. The Morgan fingerprint density at radius 3 is 2.46 bits per heavy atom. The van der Waals surface area contributed by atoms with Gasteiger partial charge in [-0.15, -0.1) is 11.8 Å². The minimum atomic E-state index is -3.91. The predicted octanol–water partition coefficient (Wildman–Crippen LogP) is 6.31. The minimum Gasteiger partial charge on any atom is -0.493 e. The fourth-order valence-corrected chi connectivity index (χ4v) is 8.62. The number of nitrogens with zero attached hydrogens (tertiary/aromatic N) is 2. The first-order chi connectivity index (χ1) is 19.8. The highest BCUT2D eigenvalue weighted by molar-refractivity contribution is 8.02. The van der Waals surface area contributed by atoms with Crippen LogP contribution in [0.5, 0.6) is 11.5 Å². The molecular formula is C29H30Cl2N2O6S2. The maximum atomic E-state index is 13.7. The molecule has 218 valence electrons. The van der Waals surface area contributed by atoms with Crippen LogP contribution in [0.1, 0.15) is 42.9 Å². The van der Waals surface area contributed by atoms with Gasteiger partial charge in [0.1, 0.15) is 6.10 Å². The van der Waals surface area contributed by atoms with Gasteiger partial charge in [-0.1, -0.05) is 47.5 Å². The Hall–Kier alpha value is -2.50. The molecule has 2 aliphatic rings. The lowest BCUT2D eigenvalue weighted by Crippen LogP contribution is -2.40. The van der Waals surface area contributed by atoms with Gasteiger partial charge in [0.15, 0.2) is 16.9 Å². The normalized spacial score (nSPS) is 18.8. The average Bonchev–Trinajstić information content (AvgIpc) is 3.68. The second-order valence-electron chi connectivity index (χ2n) is 9.80. The number of thioether (sulfide) groups is 1. The van der Waals surface area contributed by atoms with Crippen molar-refractivity contribution in [2.75, 3.05) is 19.4 Å². The quantitative estimate of drug-likeness (QED) is 0.239. The van der Waals surface area contributed by atoms with E-state index in [2.05, 4.69) is 4.98 Å². The van der Waals surface area contributed by atoms with Gasteiger partial charge in [-0.3, -0.25) is 4.98 Å². The molecular weight excluding hydrogens is 607 g/mol. The van der Waals surface area contributed by atoms with Crippen LogP contribution in [-0.2, 0) is 26.0 Å². The highest BCUT2D eigenvalue weighted by Gasteiger charge is 2.42. The summed E-state index contributed by atoms with van der Waals surface area (Å²) >= 11 is 14.1. The average molecular weight is 638 g/mol. The second-order valence-corrected chi connectivity index (χ2v) is 13.7. The molecule has 12 heteroatoms. The molecule has 1 saturated carbocycles. The number of hydrogen-bond donors (Lipinski definition) is 0. The van der Waals surface area contributed by atoms with Gasteiger partial charge in [-0.25, -0.2) is 13.2 Å². The first kappa shape index (κ1) is 30.0. The second kappa shape index (κ2) is 13.2. The number of hydrogen-bond acceptors (Lipinski definition) is 8. The highest BCUT2D eigenvalue weighted by atomic mass is 35.5. The SMILES string of the molecule is COc1ccc(C(Cc2c(Cl)cncc2Cl)OC(=O)[C@@H]2SCCN2S(=O)(=O)c2ccccc2)cc1OC1CCCC1. The van der Waals surface area contributed by atoms with Crippen LogP contribution >= 0.6 is 35.0 Å². The minimum absolute atomic E-state index is 0.0795. The Bertz CT molecular complexity index is 1470. The summed E-state index contributed by atoms with van der Waals surface area (Å²) in [6, 6.07) is 13.4. The largest absolute Gasteiger partial charge is 0.493 e. The number of esters is 1. The van der Waals surface area contributed by atoms with E-state index in [1.54, 1.807) is 43.5 Å². The summed E-state index contributed by atoms with van der Waals surface area (Å²) in [6.45, 7) is 0.191. The Labute approximate surface area is 254 Å². The van der Waals surface area contributed by atoms with Crippen LogP contribution in [0.2, 0.25) is 10.0 Å². The van der Waals surface area contributed by atoms with Crippen molar-refractivity contribution in [3.63, 3.8) is 0 Å². The first-order valence-electron chi connectivity index (χ1n) is 13.3. The van der Waals surface area contributed by atoms with Crippen LogP contribution < -0.4 is 9.47 Å². The molecule has 8 nitrogen and oxygen atoms in total. The molecule has 3 aromatic rings. The molecule has 0 N–H and O–H groups in total. The van der Waals surface area contributed by atoms with E-state index in [-0.39, 0.29) is 24.0 Å². The van der Waals surface area contributed by atoms with Crippen LogP contribution in [0.3, 0.4) is 0 Å². The molecule has 2 fully saturated rings. The molecule has 1 unspecified atom stereocenters. The molecule has 0 bridgehead atoms. The predicted molar refractivity (Wildman–Crippen MR) is 159 cm³/mol. The molecule has 1 aliphatic carbocycles. The zero-order valence-corrected chi connectivity index (χ0v) is 25.5. The lowest BCUT2D eigenvalue weighted by molar-refractivity contribution is -0.150. The summed E-state index contributed by atoms with van der Waals surface area (Å²) in [5.74, 6) is 0.901. The number of ether oxygens (including phenoxy) is 3. The van der Waals surface area contributed by atoms with Gasteiger partial charge in [-0.05, 0) is 61.1 Å². The molecule has 2 aromatic carbocycles. The molecule has 1 aliphatic heterocycles. The van der Waals surface area contributed by atoms with Gasteiger partial charge in [0.2, 0.25) is 10.0 Å². The van der Waals surface area contributed by atoms with E-state index >= 15 is 0 Å². The van der Waals surface area contributed by atoms with Crippen LogP contribution in [0.15, 0.2) is 65.8 Å². The fraction of sp³-hybridized carbons (Fsp3) is 0.379. The number of aromatic nitrogens is 1. The Morgan fingerprint density at radius 1 is 1.07 bits per heavy atom. The molecule has 0 amide bonds. The molecule has 1 aromatic heterocycles. The van der Waals surface area contributed by atoms with Crippen molar-refractivity contribution in [2.24, 2.45) is 0 Å². The summed E-state index contributed by atoms with van der Waals surface area (Å²) in [5, 5.41) is -0.380. The number of methoxy groups -OCH3 is 1. The van der Waals surface area contributed by atoms with Gasteiger partial charge >= 0.3 is 5.97 Å². The lowest BCUT2D eigenvalue weighted by atomic mass is 10.0. The summed E-state index contributed by atoms with van der Waals surface area (Å²) < 4.78 is 45.9. The molecule has 0 spiro atoms. The van der Waals surface area contributed by atoms with Crippen LogP contribution in [0.4, 0.5) is 0 Å². The van der Waals surface area contributed by atoms with Gasteiger partial charge < -0.3 is 14.2 Å². The third kappa shape index (κ3) is 6.78. The van der Waals surface area contributed by atoms with Crippen molar-refractivity contribution in [2.45, 2.75) is 54.6 Å². The zero-order valence-electron chi connectivity index (χ0n) is 22.4. The number of sulfonamides is 1. The zero-order chi connectivity index (χ0) is 29.0. The third-order valence-electron chi connectivity index (χ3n) is 7.16. The molecule has 41 heavy (non-hydrogen) atoms. The molecule has 2 atom stereocenters. The van der Waals surface area contributed by atoms with E-state index in [4.69, 9.17) is 37.4 Å². The molecule has 1 saturated heterocycles. The Balaban J connectivity index is 1.46. The van der Waals surface area contributed by atoms with Crippen LogP contribution in [0, 0.1) is 0 Å². The maximum absolute atomic E-state index is 13.7. The van der Waals surface area contributed by atoms with Gasteiger partial charge in [0.05, 0.1) is 28.2 Å². The van der Waals surface area contributed by atoms with Crippen LogP contribution in [-0.4, -0.2) is 54.6 Å². The van der Waals surface area contributed by atoms with Crippen molar-refractivity contribution >= 4 is 51.0 Å². The summed E-state index contributed by atoms with van der Waals surface area (Å²) in [6.07, 6.45) is 6.45. The molecule has 5 rings (SSSR count). The number of rotatable bonds is 10. The number of pyridine rings is 1. The van der Waals surface area contributed by atoms with Gasteiger partial charge in [0, 0.05) is 31.1 Å². The number of halogens is 2. The first-order valence-corrected chi connectivity index (χ1v) is 16.5. The topological polar surface area (TPSA) is 95.0 Å².